The average molecular weight is 760 g/mol. The predicted octanol–water partition coefficient (Wildman–Crippen LogP) is 2.74. The molecule has 0 bridgehead atoms. The summed E-state index contributed by atoms with van der Waals surface area (Å²) in [5.41, 5.74) is -1.37. The summed E-state index contributed by atoms with van der Waals surface area (Å²) in [6.07, 6.45) is 0.153. The van der Waals surface area contributed by atoms with Gasteiger partial charge in [0.25, 0.3) is 5.91 Å². The number of sulfonamides is 1. The maximum atomic E-state index is 14.4. The average Bonchev–Trinajstić information content (AvgIpc) is 3.97. The van der Waals surface area contributed by atoms with Gasteiger partial charge < -0.3 is 25.0 Å². The Hall–Kier alpha value is -4.80. The number of halogens is 1. The number of benzene rings is 1. The number of alkyl carbamates (subject to hydrolysis) is 1. The molecule has 0 radical (unpaired) electrons. The Kier molecular flexibility index (Phi) is 11.1. The van der Waals surface area contributed by atoms with Gasteiger partial charge in [0.15, 0.2) is 5.78 Å². The predicted molar refractivity (Wildman–Crippen MR) is 188 cm³/mol. The summed E-state index contributed by atoms with van der Waals surface area (Å²) in [6.45, 7) is 11.4. The number of amides is 5. The zero-order chi connectivity index (χ0) is 39.0. The molecule has 2 aliphatic carbocycles. The van der Waals surface area contributed by atoms with Crippen molar-refractivity contribution >= 4 is 45.7 Å². The Balaban J connectivity index is 1.40. The largest absolute Gasteiger partial charge is 0.444 e. The Morgan fingerprint density at radius 2 is 1.83 bits per heavy atom. The van der Waals surface area contributed by atoms with Crippen molar-refractivity contribution < 1.29 is 51.0 Å². The molecule has 5 atom stereocenters. The second-order valence-electron chi connectivity index (χ2n) is 15.0. The number of ketones is 1. The van der Waals surface area contributed by atoms with Crippen molar-refractivity contribution in [2.24, 2.45) is 5.92 Å². The number of nitrogens with one attached hydrogen (secondary N) is 3. The van der Waals surface area contributed by atoms with Crippen LogP contribution in [0, 0.1) is 11.7 Å². The number of hydrogen-bond donors (Lipinski definition) is 3. The first-order valence-electron chi connectivity index (χ1n) is 17.5. The summed E-state index contributed by atoms with van der Waals surface area (Å²) >= 11 is 0. The molecule has 288 valence electrons. The van der Waals surface area contributed by atoms with Crippen LogP contribution < -0.4 is 15.4 Å². The number of carbonyl (C=O) groups excluding carboxylic acids is 6. The number of fused-ring (bicyclic) bond motifs is 1. The van der Waals surface area contributed by atoms with E-state index in [-0.39, 0.29) is 32.5 Å². The van der Waals surface area contributed by atoms with Gasteiger partial charge in [-0.3, -0.25) is 28.8 Å². The third-order valence-corrected chi connectivity index (χ3v) is 11.6. The van der Waals surface area contributed by atoms with Crippen molar-refractivity contribution in [3.8, 4) is 0 Å². The van der Waals surface area contributed by atoms with Gasteiger partial charge in [-0.15, -0.1) is 6.58 Å². The summed E-state index contributed by atoms with van der Waals surface area (Å²) in [4.78, 5) is 83.5. The molecule has 0 spiro atoms. The minimum Gasteiger partial charge on any atom is -0.444 e. The monoisotopic (exact) mass is 759 g/mol. The molecule has 53 heavy (non-hydrogen) atoms. The van der Waals surface area contributed by atoms with Crippen LogP contribution in [0.2, 0.25) is 0 Å². The van der Waals surface area contributed by atoms with Crippen molar-refractivity contribution in [3.05, 3.63) is 59.4 Å². The number of rotatable bonds is 12. The number of ether oxygens (including phenoxy) is 2. The first-order chi connectivity index (χ1) is 24.8. The van der Waals surface area contributed by atoms with Crippen LogP contribution in [0.25, 0.3) is 0 Å². The Morgan fingerprint density at radius 3 is 2.42 bits per heavy atom. The highest BCUT2D eigenvalue weighted by Gasteiger charge is 2.62. The Labute approximate surface area is 307 Å². The van der Waals surface area contributed by atoms with E-state index >= 15 is 0 Å². The van der Waals surface area contributed by atoms with Gasteiger partial charge in [0, 0.05) is 30.9 Å². The molecule has 15 nitrogen and oxygen atoms in total. The van der Waals surface area contributed by atoms with Gasteiger partial charge in [0.05, 0.1) is 18.3 Å². The number of allylic oxidation sites excluding steroid dienone is 2. The van der Waals surface area contributed by atoms with Crippen LogP contribution in [0.5, 0.6) is 0 Å². The summed E-state index contributed by atoms with van der Waals surface area (Å²) in [6, 6.07) is 1.59. The van der Waals surface area contributed by atoms with Crippen molar-refractivity contribution in [1.29, 1.82) is 0 Å². The van der Waals surface area contributed by atoms with Gasteiger partial charge in [-0.05, 0) is 71.1 Å². The van der Waals surface area contributed by atoms with E-state index in [1.165, 1.54) is 23.1 Å². The minimum atomic E-state index is -3.97. The molecular formula is C36H46FN5O10S. The number of nitrogens with zero attached hydrogens (tertiary/aromatic N) is 2. The number of Topliss-reactive ketones (excluding diaryl/α,β-unsaturated/α-hetero) is 1. The van der Waals surface area contributed by atoms with E-state index in [1.807, 2.05) is 0 Å². The maximum absolute atomic E-state index is 14.4. The van der Waals surface area contributed by atoms with Crippen molar-refractivity contribution in [1.82, 2.24) is 25.2 Å². The lowest BCUT2D eigenvalue weighted by molar-refractivity contribution is -0.141. The van der Waals surface area contributed by atoms with Crippen molar-refractivity contribution in [2.75, 3.05) is 6.54 Å². The summed E-state index contributed by atoms with van der Waals surface area (Å²) in [5.74, 6) is -4.24. The molecule has 3 N–H and O–H groups in total. The molecule has 1 aromatic carbocycles. The molecule has 0 aromatic heterocycles. The molecule has 1 saturated heterocycles. The van der Waals surface area contributed by atoms with Crippen LogP contribution in [0.15, 0.2) is 42.5 Å². The van der Waals surface area contributed by atoms with Crippen LogP contribution in [0.1, 0.15) is 77.8 Å². The van der Waals surface area contributed by atoms with E-state index in [4.69, 9.17) is 9.47 Å². The highest BCUT2D eigenvalue weighted by Crippen LogP contribution is 2.45. The standard InChI is InChI=1S/C36H46FN5O10S/c1-7-20(3)29(43)15-27(38-33(47)52-35(4,5)6)31(45)42-18-23(51-34(48)41-17-21-10-9-11-26(37)25(21)19-41)14-28(42)30(44)39-36(16-22(36)8-2)32(46)40-53(49,50)24-12-13-24/h7-11,22-24,27-28H,2,12-19H2,1,3-6H3,(H,38,47)(H,39,44)(H,40,46)/b20-7+/t22-,23-,27+,28+,36-/m1/s1. The first-order valence-corrected chi connectivity index (χ1v) is 19.0. The second kappa shape index (κ2) is 14.9. The second-order valence-corrected chi connectivity index (χ2v) is 16.9. The summed E-state index contributed by atoms with van der Waals surface area (Å²) < 4.78 is 52.9. The van der Waals surface area contributed by atoms with E-state index in [0.29, 0.717) is 29.5 Å². The molecule has 4 aliphatic rings. The molecular weight excluding hydrogens is 713 g/mol. The quantitative estimate of drug-likeness (QED) is 0.211. The van der Waals surface area contributed by atoms with Gasteiger partial charge in [0.2, 0.25) is 21.8 Å². The van der Waals surface area contributed by atoms with Crippen LogP contribution in [-0.4, -0.2) is 95.0 Å². The fourth-order valence-electron chi connectivity index (χ4n) is 6.48. The van der Waals surface area contributed by atoms with E-state index in [0.717, 1.165) is 4.90 Å². The summed E-state index contributed by atoms with van der Waals surface area (Å²) in [7, 11) is -3.97. The minimum absolute atomic E-state index is 0.0410. The van der Waals surface area contributed by atoms with Gasteiger partial charge in [-0.1, -0.05) is 24.3 Å². The molecule has 5 rings (SSSR count). The van der Waals surface area contributed by atoms with Crippen LogP contribution >= 0.6 is 0 Å². The highest BCUT2D eigenvalue weighted by atomic mass is 32.2. The van der Waals surface area contributed by atoms with Gasteiger partial charge in [-0.25, -0.2) is 22.4 Å². The molecule has 2 heterocycles. The molecule has 2 saturated carbocycles. The fraction of sp³-hybridized carbons (Fsp3) is 0.556. The third-order valence-electron chi connectivity index (χ3n) is 9.80. The van der Waals surface area contributed by atoms with Gasteiger partial charge in [-0.2, -0.15) is 0 Å². The summed E-state index contributed by atoms with van der Waals surface area (Å²) in [5, 5.41) is 4.38. The number of likely N-dealkylation sites (tertiary alicyclic amines) is 1. The maximum Gasteiger partial charge on any atom is 0.410 e. The third kappa shape index (κ3) is 8.88. The Bertz CT molecular complexity index is 1860. The molecule has 5 amide bonds. The lowest BCUT2D eigenvalue weighted by atomic mass is 10.0. The van der Waals surface area contributed by atoms with Gasteiger partial charge >= 0.3 is 12.2 Å². The molecule has 3 fully saturated rings. The fourth-order valence-corrected chi connectivity index (χ4v) is 7.84. The SMILES string of the molecule is C=C[C@@H]1C[C@]1(NC(=O)[C@@H]1C[C@@H](OC(=O)N2Cc3cccc(F)c3C2)CN1C(=O)[C@H](CC(=O)/C(C)=C/C)NC(=O)OC(C)(C)C)C(=O)NS(=O)(=O)C1CC1. The molecule has 1 aromatic rings. The lowest BCUT2D eigenvalue weighted by Gasteiger charge is -2.30. The van der Waals surface area contributed by atoms with Crippen molar-refractivity contribution in [3.63, 3.8) is 0 Å². The zero-order valence-electron chi connectivity index (χ0n) is 30.4. The lowest BCUT2D eigenvalue weighted by Crippen LogP contribution is -2.58. The van der Waals surface area contributed by atoms with Crippen molar-refractivity contribution in [2.45, 2.75) is 114 Å². The highest BCUT2D eigenvalue weighted by molar-refractivity contribution is 7.91. The van der Waals surface area contributed by atoms with Crippen LogP contribution in [0.4, 0.5) is 14.0 Å². The van der Waals surface area contributed by atoms with E-state index in [9.17, 15) is 41.6 Å². The van der Waals surface area contributed by atoms with Gasteiger partial charge in [0.1, 0.15) is 35.1 Å². The molecule has 0 unspecified atom stereocenters. The number of hydrogen-bond acceptors (Lipinski definition) is 10. The topological polar surface area (TPSA) is 198 Å². The van der Waals surface area contributed by atoms with E-state index in [2.05, 4.69) is 21.9 Å². The normalized spacial score (nSPS) is 24.4. The molecule has 2 aliphatic heterocycles. The Morgan fingerprint density at radius 1 is 1.13 bits per heavy atom. The van der Waals surface area contributed by atoms with E-state index < -0.39 is 98.4 Å². The first kappa shape index (κ1) is 39.4. The van der Waals surface area contributed by atoms with E-state index in [1.54, 1.807) is 46.8 Å². The van der Waals surface area contributed by atoms with Crippen LogP contribution in [-0.2, 0) is 51.8 Å². The number of carbonyl (C=O) groups is 6. The zero-order valence-corrected chi connectivity index (χ0v) is 31.2. The molecule has 17 heteroatoms. The van der Waals surface area contributed by atoms with Crippen LogP contribution in [0.3, 0.4) is 0 Å². The smallest absolute Gasteiger partial charge is 0.410 e.